The van der Waals surface area contributed by atoms with Crippen LogP contribution in [0.25, 0.3) is 0 Å². The lowest BCUT2D eigenvalue weighted by molar-refractivity contribution is -0.282. The van der Waals surface area contributed by atoms with E-state index in [0.717, 1.165) is 0 Å². The van der Waals surface area contributed by atoms with Gasteiger partial charge in [-0.2, -0.15) is 35.1 Å². The Balaban J connectivity index is 3.64. The normalized spacial score (nSPS) is 16.3. The second-order valence-electron chi connectivity index (χ2n) is 4.07. The van der Waals surface area contributed by atoms with Crippen LogP contribution in [0.5, 0.6) is 0 Å². The lowest BCUT2D eigenvalue weighted by Gasteiger charge is -2.32. The van der Waals surface area contributed by atoms with Crippen LogP contribution >= 0.6 is 39.3 Å². The number of anilines is 1. The fourth-order valence-corrected chi connectivity index (χ4v) is 2.87. The van der Waals surface area contributed by atoms with Crippen LogP contribution in [0.4, 0.5) is 45.2 Å². The van der Waals surface area contributed by atoms with Crippen molar-refractivity contribution in [3.63, 3.8) is 0 Å². The Morgan fingerprint density at radius 1 is 0.957 bits per heavy atom. The summed E-state index contributed by atoms with van der Waals surface area (Å²) in [6.45, 7) is 0. The molecule has 0 radical (unpaired) electrons. The lowest BCUT2D eigenvalue weighted by Crippen LogP contribution is -2.49. The van der Waals surface area contributed by atoms with Crippen LogP contribution in [-0.2, 0) is 5.67 Å². The first kappa shape index (κ1) is 20.6. The van der Waals surface area contributed by atoms with Gasteiger partial charge >= 0.3 is 22.2 Å². The van der Waals surface area contributed by atoms with Gasteiger partial charge in [0.15, 0.2) is 0 Å². The Morgan fingerprint density at radius 2 is 1.43 bits per heavy atom. The van der Waals surface area contributed by atoms with Gasteiger partial charge in [0.25, 0.3) is 0 Å². The zero-order valence-corrected chi connectivity index (χ0v) is 13.5. The van der Waals surface area contributed by atoms with Crippen LogP contribution in [-0.4, -0.2) is 16.5 Å². The summed E-state index contributed by atoms with van der Waals surface area (Å²) >= 11 is 5.61. The Hall–Kier alpha value is -0.490. The number of hydrogen-bond donors (Lipinski definition) is 1. The second-order valence-corrected chi connectivity index (χ2v) is 6.58. The summed E-state index contributed by atoms with van der Waals surface area (Å²) in [5, 5.41) is -0.933. The number of benzene rings is 1. The Morgan fingerprint density at radius 3 is 1.78 bits per heavy atom. The standard InChI is InChI=1S/C10H4BrClF9NS/c11-8(14,15)7(13,9(16,17)18)3-1-4(12)6(22)5(2-3)23-10(19,20)21/h1-2H,22H2. The third-order valence-corrected chi connectivity index (χ3v) is 4.14. The van der Waals surface area contributed by atoms with Gasteiger partial charge in [0.1, 0.15) is 0 Å². The molecular weight excluding hydrogens is 453 g/mol. The van der Waals surface area contributed by atoms with Crippen LogP contribution in [0.3, 0.4) is 0 Å². The molecule has 0 spiro atoms. The molecule has 1 aromatic carbocycles. The smallest absolute Gasteiger partial charge is 0.397 e. The average molecular weight is 457 g/mol. The molecule has 23 heavy (non-hydrogen) atoms. The van der Waals surface area contributed by atoms with E-state index in [9.17, 15) is 39.5 Å². The van der Waals surface area contributed by atoms with Crippen molar-refractivity contribution in [1.29, 1.82) is 0 Å². The number of halogens is 11. The fraction of sp³-hybridized carbons (Fsp3) is 0.400. The van der Waals surface area contributed by atoms with E-state index in [1.807, 2.05) is 0 Å². The molecule has 1 nitrogen and oxygen atoms in total. The topological polar surface area (TPSA) is 26.0 Å². The SMILES string of the molecule is Nc1c(Cl)cc(C(F)(C(F)(F)F)C(F)(F)Br)cc1SC(F)(F)F. The molecule has 1 aromatic rings. The molecule has 0 bridgehead atoms. The molecule has 0 aliphatic rings. The van der Waals surface area contributed by atoms with Crippen LogP contribution in [0, 0.1) is 0 Å². The maximum Gasteiger partial charge on any atom is 0.446 e. The second kappa shape index (κ2) is 6.10. The van der Waals surface area contributed by atoms with E-state index < -0.39 is 55.1 Å². The molecule has 0 aromatic heterocycles. The summed E-state index contributed by atoms with van der Waals surface area (Å²) in [6, 6.07) is 0.0298. The summed E-state index contributed by atoms with van der Waals surface area (Å²) < 4.78 is 116. The predicted octanol–water partition coefficient (Wildman–Crippen LogP) is 6.25. The first-order valence-electron chi connectivity index (χ1n) is 5.18. The van der Waals surface area contributed by atoms with E-state index >= 15 is 0 Å². The van der Waals surface area contributed by atoms with Gasteiger partial charge < -0.3 is 5.73 Å². The summed E-state index contributed by atoms with van der Waals surface area (Å²) in [5.41, 5.74) is -7.81. The minimum atomic E-state index is -6.15. The first-order valence-corrected chi connectivity index (χ1v) is 7.17. The Kier molecular flexibility index (Phi) is 5.45. The molecule has 0 saturated heterocycles. The summed E-state index contributed by atoms with van der Waals surface area (Å²) in [4.78, 5) is -6.30. The van der Waals surface area contributed by atoms with Crippen LogP contribution in [0.1, 0.15) is 5.56 Å². The third-order valence-electron chi connectivity index (χ3n) is 2.50. The van der Waals surface area contributed by atoms with Gasteiger partial charge in [0.2, 0.25) is 0 Å². The van der Waals surface area contributed by atoms with E-state index in [4.69, 9.17) is 17.3 Å². The van der Waals surface area contributed by atoms with Gasteiger partial charge in [-0.25, -0.2) is 4.39 Å². The van der Waals surface area contributed by atoms with Crippen molar-refractivity contribution in [3.8, 4) is 0 Å². The van der Waals surface area contributed by atoms with Crippen molar-refractivity contribution >= 4 is 45.0 Å². The zero-order chi connectivity index (χ0) is 18.4. The van der Waals surface area contributed by atoms with Gasteiger partial charge in [-0.15, -0.1) is 0 Å². The molecule has 0 fully saturated rings. The molecular formula is C10H4BrClF9NS. The van der Waals surface area contributed by atoms with Gasteiger partial charge in [-0.1, -0.05) is 11.6 Å². The minimum Gasteiger partial charge on any atom is -0.397 e. The van der Waals surface area contributed by atoms with Crippen molar-refractivity contribution in [1.82, 2.24) is 0 Å². The molecule has 1 unspecified atom stereocenters. The number of hydrogen-bond acceptors (Lipinski definition) is 2. The maximum absolute atomic E-state index is 14.2. The fourth-order valence-electron chi connectivity index (χ4n) is 1.49. The number of thioether (sulfide) groups is 1. The number of rotatable bonds is 3. The Bertz CT molecular complexity index is 582. The molecule has 2 N–H and O–H groups in total. The zero-order valence-electron chi connectivity index (χ0n) is 10.3. The number of alkyl halides is 10. The van der Waals surface area contributed by atoms with E-state index in [1.54, 1.807) is 0 Å². The van der Waals surface area contributed by atoms with E-state index in [-0.39, 0.29) is 12.1 Å². The molecule has 132 valence electrons. The van der Waals surface area contributed by atoms with Crippen molar-refractivity contribution in [2.75, 3.05) is 5.73 Å². The summed E-state index contributed by atoms with van der Waals surface area (Å²) in [5.74, 6) is 0. The lowest BCUT2D eigenvalue weighted by atomic mass is 9.95. The minimum absolute atomic E-state index is 0.0674. The molecule has 0 heterocycles. The van der Waals surface area contributed by atoms with Crippen LogP contribution in [0.15, 0.2) is 17.0 Å². The maximum atomic E-state index is 14.2. The highest BCUT2D eigenvalue weighted by atomic mass is 79.9. The quantitative estimate of drug-likeness (QED) is 0.252. The highest BCUT2D eigenvalue weighted by Gasteiger charge is 2.71. The van der Waals surface area contributed by atoms with E-state index in [2.05, 4.69) is 0 Å². The van der Waals surface area contributed by atoms with Crippen LogP contribution in [0.2, 0.25) is 5.02 Å². The number of nitrogens with two attached hydrogens (primary N) is 1. The largest absolute Gasteiger partial charge is 0.446 e. The summed E-state index contributed by atoms with van der Waals surface area (Å²) in [7, 11) is 0. The van der Waals surface area contributed by atoms with Crippen LogP contribution < -0.4 is 5.73 Å². The highest BCUT2D eigenvalue weighted by molar-refractivity contribution is 9.10. The number of nitrogen functional groups attached to an aromatic ring is 1. The van der Waals surface area contributed by atoms with Crippen molar-refractivity contribution in [3.05, 3.63) is 22.7 Å². The van der Waals surface area contributed by atoms with Gasteiger partial charge in [-0.3, -0.25) is 0 Å². The molecule has 1 atom stereocenters. The summed E-state index contributed by atoms with van der Waals surface area (Å²) in [6.07, 6.45) is -6.15. The van der Waals surface area contributed by atoms with Gasteiger partial charge in [0, 0.05) is 10.5 Å². The van der Waals surface area contributed by atoms with Crippen molar-refractivity contribution in [2.45, 2.75) is 27.1 Å². The highest BCUT2D eigenvalue weighted by Crippen LogP contribution is 2.56. The molecule has 1 rings (SSSR count). The van der Waals surface area contributed by atoms with E-state index in [0.29, 0.717) is 0 Å². The molecule has 0 aliphatic carbocycles. The van der Waals surface area contributed by atoms with E-state index in [1.165, 1.54) is 15.9 Å². The van der Waals surface area contributed by atoms with Gasteiger partial charge in [-0.05, 0) is 39.8 Å². The van der Waals surface area contributed by atoms with Crippen molar-refractivity contribution in [2.24, 2.45) is 0 Å². The Labute approximate surface area is 140 Å². The van der Waals surface area contributed by atoms with Crippen molar-refractivity contribution < 1.29 is 39.5 Å². The molecule has 13 heteroatoms. The first-order chi connectivity index (χ1) is 10.0. The predicted molar refractivity (Wildman–Crippen MR) is 70.5 cm³/mol. The molecule has 0 amide bonds. The molecule has 0 saturated carbocycles. The monoisotopic (exact) mass is 455 g/mol. The van der Waals surface area contributed by atoms with Gasteiger partial charge in [0.05, 0.1) is 10.7 Å². The third kappa shape index (κ3) is 4.13. The molecule has 0 aliphatic heterocycles. The average Bonchev–Trinajstić information content (AvgIpc) is 2.29.